The van der Waals surface area contributed by atoms with Gasteiger partial charge >= 0.3 is 0 Å². The number of halogens is 1. The van der Waals surface area contributed by atoms with E-state index in [1.165, 1.54) is 19.3 Å². The Balaban J connectivity index is 2.28. The molecule has 20 heavy (non-hydrogen) atoms. The molecule has 0 saturated heterocycles. The van der Waals surface area contributed by atoms with Crippen molar-refractivity contribution in [3.05, 3.63) is 16.0 Å². The first-order valence-corrected chi connectivity index (χ1v) is 8.24. The van der Waals surface area contributed by atoms with E-state index in [0.717, 1.165) is 40.7 Å². The molecule has 1 aromatic heterocycles. The summed E-state index contributed by atoms with van der Waals surface area (Å²) in [5, 5.41) is 3.38. The lowest BCUT2D eigenvalue weighted by atomic mass is 10.1. The predicted octanol–water partition coefficient (Wildman–Crippen LogP) is 4.11. The van der Waals surface area contributed by atoms with E-state index in [1.54, 1.807) is 7.11 Å². The highest BCUT2D eigenvalue weighted by atomic mass is 79.9. The van der Waals surface area contributed by atoms with Crippen molar-refractivity contribution in [3.63, 3.8) is 0 Å². The highest BCUT2D eigenvalue weighted by molar-refractivity contribution is 9.10. The number of hydrogen-bond acceptors (Lipinski definition) is 4. The van der Waals surface area contributed by atoms with E-state index in [0.29, 0.717) is 12.5 Å². The molecular weight excluding hydrogens is 318 g/mol. The van der Waals surface area contributed by atoms with Crippen molar-refractivity contribution in [1.29, 1.82) is 0 Å². The molecule has 2 atom stereocenters. The van der Waals surface area contributed by atoms with E-state index in [4.69, 9.17) is 14.7 Å². The minimum atomic E-state index is 0.496. The maximum Gasteiger partial charge on any atom is 0.144 e. The lowest BCUT2D eigenvalue weighted by Gasteiger charge is -2.15. The van der Waals surface area contributed by atoms with Gasteiger partial charge in [0.2, 0.25) is 0 Å². The molecule has 0 aliphatic heterocycles. The number of methoxy groups -OCH3 is 1. The summed E-state index contributed by atoms with van der Waals surface area (Å²) < 4.78 is 6.19. The smallest absolute Gasteiger partial charge is 0.144 e. The van der Waals surface area contributed by atoms with Gasteiger partial charge in [0, 0.05) is 19.6 Å². The summed E-state index contributed by atoms with van der Waals surface area (Å²) in [7, 11) is 1.70. The number of nitrogens with one attached hydrogen (secondary N) is 1. The molecule has 1 fully saturated rings. The van der Waals surface area contributed by atoms with Crippen LogP contribution in [-0.2, 0) is 11.3 Å². The van der Waals surface area contributed by atoms with E-state index in [2.05, 4.69) is 35.1 Å². The molecule has 1 aromatic rings. The molecule has 0 amide bonds. The molecule has 1 saturated carbocycles. The predicted molar refractivity (Wildman–Crippen MR) is 85.0 cm³/mol. The van der Waals surface area contributed by atoms with Crippen molar-refractivity contribution in [2.24, 2.45) is 5.92 Å². The van der Waals surface area contributed by atoms with Gasteiger partial charge in [-0.25, -0.2) is 9.97 Å². The molecular formula is C15H24BrN3O. The lowest BCUT2D eigenvalue weighted by molar-refractivity contribution is 0.180. The number of hydrogen-bond donors (Lipinski definition) is 1. The summed E-state index contributed by atoms with van der Waals surface area (Å²) >= 11 is 3.60. The first-order chi connectivity index (χ1) is 9.65. The van der Waals surface area contributed by atoms with Crippen LogP contribution in [0.15, 0.2) is 4.47 Å². The number of ether oxygens (including phenoxy) is 1. The second-order valence-corrected chi connectivity index (χ2v) is 6.46. The largest absolute Gasteiger partial charge is 0.378 e. The Labute approximate surface area is 129 Å². The van der Waals surface area contributed by atoms with Crippen molar-refractivity contribution in [1.82, 2.24) is 9.97 Å². The minimum absolute atomic E-state index is 0.496. The van der Waals surface area contributed by atoms with Gasteiger partial charge in [-0.1, -0.05) is 13.8 Å². The number of aromatic nitrogens is 2. The van der Waals surface area contributed by atoms with Crippen LogP contribution in [0.5, 0.6) is 0 Å². The Bertz CT molecular complexity index is 453. The van der Waals surface area contributed by atoms with Crippen LogP contribution >= 0.6 is 15.9 Å². The van der Waals surface area contributed by atoms with Gasteiger partial charge in [0.15, 0.2) is 0 Å². The van der Waals surface area contributed by atoms with E-state index >= 15 is 0 Å². The number of anilines is 1. The van der Waals surface area contributed by atoms with Crippen molar-refractivity contribution >= 4 is 21.7 Å². The van der Waals surface area contributed by atoms with Crippen LogP contribution in [0, 0.1) is 5.92 Å². The van der Waals surface area contributed by atoms with E-state index < -0.39 is 0 Å². The molecule has 0 bridgehead atoms. The quantitative estimate of drug-likeness (QED) is 0.845. The van der Waals surface area contributed by atoms with E-state index in [9.17, 15) is 0 Å². The van der Waals surface area contributed by atoms with E-state index in [1.807, 2.05) is 0 Å². The van der Waals surface area contributed by atoms with Crippen LogP contribution in [-0.4, -0.2) is 23.6 Å². The fraction of sp³-hybridized carbons (Fsp3) is 0.733. The molecule has 4 nitrogen and oxygen atoms in total. The van der Waals surface area contributed by atoms with Gasteiger partial charge in [0.05, 0.1) is 16.8 Å². The van der Waals surface area contributed by atoms with Crippen LogP contribution in [0.1, 0.15) is 57.0 Å². The summed E-state index contributed by atoms with van der Waals surface area (Å²) in [5.41, 5.74) is 0.940. The maximum atomic E-state index is 5.26. The Morgan fingerprint density at radius 2 is 2.15 bits per heavy atom. The molecule has 5 heteroatoms. The zero-order valence-electron chi connectivity index (χ0n) is 12.6. The third-order valence-corrected chi connectivity index (χ3v) is 4.65. The second-order valence-electron chi connectivity index (χ2n) is 5.67. The normalized spacial score (nSPS) is 22.2. The summed E-state index contributed by atoms with van der Waals surface area (Å²) in [6, 6.07) is 0. The minimum Gasteiger partial charge on any atom is -0.378 e. The standard InChI is InChI=1S/C15H24BrN3O/c1-4-7-17-15-13(16)12(9-20-3)18-14(19-15)11-6-5-10(2)8-11/h10-11H,4-9H2,1-3H3,(H,17,18,19). The molecule has 0 spiro atoms. The average Bonchev–Trinajstić information content (AvgIpc) is 2.86. The number of nitrogens with zero attached hydrogens (tertiary/aromatic N) is 2. The molecule has 1 N–H and O–H groups in total. The van der Waals surface area contributed by atoms with Gasteiger partial charge in [0.25, 0.3) is 0 Å². The fourth-order valence-electron chi connectivity index (χ4n) is 2.73. The lowest BCUT2D eigenvalue weighted by Crippen LogP contribution is -2.11. The van der Waals surface area contributed by atoms with Gasteiger partial charge in [-0.3, -0.25) is 0 Å². The molecule has 1 aliphatic carbocycles. The van der Waals surface area contributed by atoms with Gasteiger partial charge in [-0.2, -0.15) is 0 Å². The van der Waals surface area contributed by atoms with Gasteiger partial charge in [-0.05, 0) is 47.5 Å². The second kappa shape index (κ2) is 7.36. The average molecular weight is 342 g/mol. The zero-order valence-corrected chi connectivity index (χ0v) is 14.2. The first-order valence-electron chi connectivity index (χ1n) is 7.44. The van der Waals surface area contributed by atoms with Crippen molar-refractivity contribution in [3.8, 4) is 0 Å². The van der Waals surface area contributed by atoms with Crippen LogP contribution in [0.4, 0.5) is 5.82 Å². The number of rotatable bonds is 6. The summed E-state index contributed by atoms with van der Waals surface area (Å²) in [5.74, 6) is 3.16. The molecule has 0 aromatic carbocycles. The Hall–Kier alpha value is -0.680. The molecule has 1 aliphatic rings. The Morgan fingerprint density at radius 3 is 2.75 bits per heavy atom. The maximum absolute atomic E-state index is 5.26. The van der Waals surface area contributed by atoms with Crippen LogP contribution in [0.3, 0.4) is 0 Å². The van der Waals surface area contributed by atoms with Crippen LogP contribution < -0.4 is 5.32 Å². The summed E-state index contributed by atoms with van der Waals surface area (Å²) in [6.45, 7) is 5.89. The highest BCUT2D eigenvalue weighted by Gasteiger charge is 2.26. The first kappa shape index (κ1) is 15.7. The van der Waals surface area contributed by atoms with Gasteiger partial charge in [-0.15, -0.1) is 0 Å². The third kappa shape index (κ3) is 3.70. The van der Waals surface area contributed by atoms with Crippen LogP contribution in [0.25, 0.3) is 0 Å². The molecule has 2 rings (SSSR count). The summed E-state index contributed by atoms with van der Waals surface area (Å²) in [6.07, 6.45) is 4.75. The fourth-order valence-corrected chi connectivity index (χ4v) is 3.16. The van der Waals surface area contributed by atoms with Crippen molar-refractivity contribution < 1.29 is 4.74 Å². The van der Waals surface area contributed by atoms with E-state index in [-0.39, 0.29) is 0 Å². The molecule has 0 radical (unpaired) electrons. The molecule has 2 unspecified atom stereocenters. The van der Waals surface area contributed by atoms with Crippen molar-refractivity contribution in [2.45, 2.75) is 52.1 Å². The Kier molecular flexibility index (Phi) is 5.78. The summed E-state index contributed by atoms with van der Waals surface area (Å²) in [4.78, 5) is 9.47. The van der Waals surface area contributed by atoms with Crippen LogP contribution in [0.2, 0.25) is 0 Å². The SMILES string of the molecule is CCCNc1nc(C2CCC(C)C2)nc(COC)c1Br. The molecule has 112 valence electrons. The third-order valence-electron chi connectivity index (χ3n) is 3.82. The molecule has 1 heterocycles. The zero-order chi connectivity index (χ0) is 14.5. The van der Waals surface area contributed by atoms with Gasteiger partial charge in [0.1, 0.15) is 11.6 Å². The monoisotopic (exact) mass is 341 g/mol. The Morgan fingerprint density at radius 1 is 1.35 bits per heavy atom. The highest BCUT2D eigenvalue weighted by Crippen LogP contribution is 2.38. The topological polar surface area (TPSA) is 47.0 Å². The van der Waals surface area contributed by atoms with Crippen molar-refractivity contribution in [2.75, 3.05) is 19.0 Å². The van der Waals surface area contributed by atoms with Gasteiger partial charge < -0.3 is 10.1 Å².